The van der Waals surface area contributed by atoms with Crippen molar-refractivity contribution in [3.05, 3.63) is 22.4 Å². The number of hydrogen-bond acceptors (Lipinski definition) is 2. The van der Waals surface area contributed by atoms with E-state index < -0.39 is 0 Å². The van der Waals surface area contributed by atoms with Gasteiger partial charge < -0.3 is 5.32 Å². The van der Waals surface area contributed by atoms with Crippen LogP contribution in [0.15, 0.2) is 17.5 Å². The lowest BCUT2D eigenvalue weighted by Gasteiger charge is -2.26. The molecular weight excluding hydrogens is 226 g/mol. The Morgan fingerprint density at radius 2 is 2.24 bits per heavy atom. The van der Waals surface area contributed by atoms with E-state index in [4.69, 9.17) is 0 Å². The quantitative estimate of drug-likeness (QED) is 0.846. The number of thiophene rings is 1. The molecule has 1 nitrogen and oxygen atoms in total. The van der Waals surface area contributed by atoms with Crippen molar-refractivity contribution in [3.8, 4) is 0 Å². The zero-order valence-electron chi connectivity index (χ0n) is 11.5. The molecule has 2 heteroatoms. The summed E-state index contributed by atoms with van der Waals surface area (Å²) < 4.78 is 0. The van der Waals surface area contributed by atoms with Crippen molar-refractivity contribution in [1.29, 1.82) is 0 Å². The zero-order chi connectivity index (χ0) is 12.5. The molecule has 1 aromatic rings. The first-order valence-corrected chi connectivity index (χ1v) is 7.54. The van der Waals surface area contributed by atoms with E-state index >= 15 is 0 Å². The molecule has 0 radical (unpaired) electrons. The van der Waals surface area contributed by atoms with Crippen LogP contribution in [0.5, 0.6) is 0 Å². The molecule has 0 amide bonds. The van der Waals surface area contributed by atoms with Gasteiger partial charge in [0.2, 0.25) is 0 Å². The Balaban J connectivity index is 1.86. The van der Waals surface area contributed by atoms with Crippen LogP contribution in [0.1, 0.15) is 51.8 Å². The van der Waals surface area contributed by atoms with E-state index in [-0.39, 0.29) is 5.41 Å². The predicted molar refractivity (Wildman–Crippen MR) is 76.8 cm³/mol. The smallest absolute Gasteiger partial charge is 0.0115 e. The minimum absolute atomic E-state index is 0.265. The summed E-state index contributed by atoms with van der Waals surface area (Å²) in [7, 11) is 0. The fourth-order valence-corrected chi connectivity index (χ4v) is 3.61. The third-order valence-corrected chi connectivity index (χ3v) is 5.23. The maximum Gasteiger partial charge on any atom is 0.0115 e. The van der Waals surface area contributed by atoms with Crippen molar-refractivity contribution < 1.29 is 0 Å². The topological polar surface area (TPSA) is 12.0 Å². The molecule has 0 aromatic carbocycles. The second-order valence-corrected chi connectivity index (χ2v) is 7.79. The van der Waals surface area contributed by atoms with Gasteiger partial charge in [-0.05, 0) is 36.1 Å². The molecule has 1 aliphatic carbocycles. The first-order chi connectivity index (χ1) is 7.89. The maximum absolute atomic E-state index is 3.77. The molecule has 1 fully saturated rings. The number of hydrogen-bond donors (Lipinski definition) is 1. The lowest BCUT2D eigenvalue weighted by molar-refractivity contribution is 0.354. The minimum Gasteiger partial charge on any atom is -0.313 e. The molecule has 2 rings (SSSR count). The van der Waals surface area contributed by atoms with Crippen LogP contribution in [0.3, 0.4) is 0 Å². The molecule has 1 N–H and O–H groups in total. The Kier molecular flexibility index (Phi) is 3.65. The van der Waals surface area contributed by atoms with Crippen molar-refractivity contribution in [2.75, 3.05) is 6.54 Å². The third kappa shape index (κ3) is 3.32. The van der Waals surface area contributed by atoms with Crippen LogP contribution >= 0.6 is 11.3 Å². The van der Waals surface area contributed by atoms with Crippen LogP contribution < -0.4 is 5.32 Å². The summed E-state index contributed by atoms with van der Waals surface area (Å²) in [6.45, 7) is 10.5. The second-order valence-electron chi connectivity index (χ2n) is 6.85. The molecule has 1 aromatic heterocycles. The van der Waals surface area contributed by atoms with Crippen molar-refractivity contribution >= 4 is 11.3 Å². The monoisotopic (exact) mass is 251 g/mol. The maximum atomic E-state index is 3.77. The molecule has 1 saturated carbocycles. The lowest BCUT2D eigenvalue weighted by atomic mass is 9.90. The summed E-state index contributed by atoms with van der Waals surface area (Å²) in [5, 5.41) is 5.95. The molecule has 0 bridgehead atoms. The average molecular weight is 251 g/mol. The summed E-state index contributed by atoms with van der Waals surface area (Å²) in [5.41, 5.74) is 0.811. The van der Waals surface area contributed by atoms with Crippen LogP contribution in [0.2, 0.25) is 0 Å². The van der Waals surface area contributed by atoms with Crippen LogP contribution in [-0.4, -0.2) is 12.6 Å². The van der Waals surface area contributed by atoms with E-state index in [2.05, 4.69) is 50.5 Å². The summed E-state index contributed by atoms with van der Waals surface area (Å²) >= 11 is 1.87. The fourth-order valence-electron chi connectivity index (χ4n) is 2.76. The molecule has 0 spiro atoms. The number of rotatable bonds is 4. The van der Waals surface area contributed by atoms with Gasteiger partial charge in [-0.3, -0.25) is 0 Å². The highest BCUT2D eigenvalue weighted by Crippen LogP contribution is 2.37. The van der Waals surface area contributed by atoms with E-state index in [1.54, 1.807) is 0 Å². The standard InChI is InChI=1S/C15H25NS/c1-14(2)8-7-12(10-14)16-11-15(3,4)13-6-5-9-17-13/h5-6,9,12,16H,7-8,10-11H2,1-4H3. The Morgan fingerprint density at radius 3 is 2.76 bits per heavy atom. The Bertz CT molecular complexity index is 351. The Labute approximate surface area is 110 Å². The zero-order valence-corrected chi connectivity index (χ0v) is 12.4. The average Bonchev–Trinajstić information content (AvgIpc) is 2.84. The van der Waals surface area contributed by atoms with Crippen molar-refractivity contribution in [2.24, 2.45) is 5.41 Å². The van der Waals surface area contributed by atoms with Crippen LogP contribution in [0, 0.1) is 5.41 Å². The third-order valence-electron chi connectivity index (χ3n) is 3.99. The summed E-state index contributed by atoms with van der Waals surface area (Å²) in [6.07, 6.45) is 4.03. The fraction of sp³-hybridized carbons (Fsp3) is 0.733. The van der Waals surface area contributed by atoms with Gasteiger partial charge in [0.15, 0.2) is 0 Å². The molecule has 1 heterocycles. The van der Waals surface area contributed by atoms with Crippen molar-refractivity contribution in [2.45, 2.75) is 58.4 Å². The van der Waals surface area contributed by atoms with E-state index in [9.17, 15) is 0 Å². The molecule has 0 aliphatic heterocycles. The highest BCUT2D eigenvalue weighted by molar-refractivity contribution is 7.10. The van der Waals surface area contributed by atoms with E-state index in [1.807, 2.05) is 11.3 Å². The van der Waals surface area contributed by atoms with Crippen LogP contribution in [0.4, 0.5) is 0 Å². The molecule has 17 heavy (non-hydrogen) atoms. The highest BCUT2D eigenvalue weighted by atomic mass is 32.1. The van der Waals surface area contributed by atoms with Crippen molar-refractivity contribution in [1.82, 2.24) is 5.32 Å². The normalized spacial score (nSPS) is 24.1. The molecule has 1 atom stereocenters. The molecule has 1 aliphatic rings. The predicted octanol–water partition coefficient (Wildman–Crippen LogP) is 4.19. The first kappa shape index (κ1) is 13.1. The summed E-state index contributed by atoms with van der Waals surface area (Å²) in [6, 6.07) is 5.13. The molecular formula is C15H25NS. The van der Waals surface area contributed by atoms with Gasteiger partial charge >= 0.3 is 0 Å². The largest absolute Gasteiger partial charge is 0.313 e. The summed E-state index contributed by atoms with van der Waals surface area (Å²) in [5.74, 6) is 0. The molecule has 96 valence electrons. The van der Waals surface area contributed by atoms with E-state index in [1.165, 1.54) is 24.1 Å². The molecule has 0 saturated heterocycles. The van der Waals surface area contributed by atoms with Gasteiger partial charge in [-0.2, -0.15) is 0 Å². The van der Waals surface area contributed by atoms with Gasteiger partial charge in [-0.1, -0.05) is 33.8 Å². The first-order valence-electron chi connectivity index (χ1n) is 6.66. The van der Waals surface area contributed by atoms with E-state index in [0.29, 0.717) is 5.41 Å². The van der Waals surface area contributed by atoms with Crippen LogP contribution in [0.25, 0.3) is 0 Å². The van der Waals surface area contributed by atoms with Gasteiger partial charge in [-0.25, -0.2) is 0 Å². The van der Waals surface area contributed by atoms with Gasteiger partial charge in [0.25, 0.3) is 0 Å². The molecule has 1 unspecified atom stereocenters. The summed E-state index contributed by atoms with van der Waals surface area (Å²) in [4.78, 5) is 1.49. The van der Waals surface area contributed by atoms with Gasteiger partial charge in [0.1, 0.15) is 0 Å². The highest BCUT2D eigenvalue weighted by Gasteiger charge is 2.32. The van der Waals surface area contributed by atoms with Crippen molar-refractivity contribution in [3.63, 3.8) is 0 Å². The lowest BCUT2D eigenvalue weighted by Crippen LogP contribution is -2.38. The van der Waals surface area contributed by atoms with Gasteiger partial charge in [0.05, 0.1) is 0 Å². The van der Waals surface area contributed by atoms with Gasteiger partial charge in [-0.15, -0.1) is 11.3 Å². The SMILES string of the molecule is CC1(C)CCC(NCC(C)(C)c2cccs2)C1. The second kappa shape index (κ2) is 4.74. The Morgan fingerprint density at radius 1 is 1.47 bits per heavy atom. The Hall–Kier alpha value is -0.340. The van der Waals surface area contributed by atoms with Gasteiger partial charge in [0, 0.05) is 22.9 Å². The van der Waals surface area contributed by atoms with E-state index in [0.717, 1.165) is 12.6 Å². The number of nitrogens with one attached hydrogen (secondary N) is 1. The minimum atomic E-state index is 0.265. The van der Waals surface area contributed by atoms with Crippen LogP contribution in [-0.2, 0) is 5.41 Å².